The van der Waals surface area contributed by atoms with E-state index in [0.717, 1.165) is 23.3 Å². The Labute approximate surface area is 138 Å². The van der Waals surface area contributed by atoms with E-state index >= 15 is 0 Å². The van der Waals surface area contributed by atoms with Crippen molar-refractivity contribution in [2.45, 2.75) is 33.3 Å². The minimum Gasteiger partial charge on any atom is -0.455 e. The second-order valence-electron chi connectivity index (χ2n) is 5.65. The summed E-state index contributed by atoms with van der Waals surface area (Å²) in [5.74, 6) is -0.344. The number of nitrogens with zero attached hydrogens (tertiary/aromatic N) is 1. The van der Waals surface area contributed by atoms with E-state index in [9.17, 15) is 9.59 Å². The molecule has 0 aromatic carbocycles. The van der Waals surface area contributed by atoms with Gasteiger partial charge in [-0.3, -0.25) is 9.78 Å². The summed E-state index contributed by atoms with van der Waals surface area (Å²) in [4.78, 5) is 29.6. The minimum atomic E-state index is -0.427. The van der Waals surface area contributed by atoms with Crippen molar-refractivity contribution in [3.8, 4) is 0 Å². The van der Waals surface area contributed by atoms with Crippen LogP contribution >= 0.6 is 11.3 Å². The van der Waals surface area contributed by atoms with Gasteiger partial charge >= 0.3 is 5.97 Å². The van der Waals surface area contributed by atoms with Gasteiger partial charge in [-0.05, 0) is 44.4 Å². The van der Waals surface area contributed by atoms with Crippen LogP contribution in [0.3, 0.4) is 0 Å². The Kier molecular flexibility index (Phi) is 4.43. The molecule has 2 aromatic heterocycles. The molecular formula is C17H18N2O3S. The molecule has 1 amide bonds. The largest absolute Gasteiger partial charge is 0.455 e. The Morgan fingerprint density at radius 3 is 2.78 bits per heavy atom. The lowest BCUT2D eigenvalue weighted by atomic mass is 10.1. The summed E-state index contributed by atoms with van der Waals surface area (Å²) in [5, 5.41) is 3.46. The molecule has 5 nitrogen and oxygen atoms in total. The third-order valence-corrected chi connectivity index (χ3v) is 4.97. The van der Waals surface area contributed by atoms with Crippen molar-refractivity contribution in [2.24, 2.45) is 5.92 Å². The number of anilines is 1. The molecule has 2 heterocycles. The monoisotopic (exact) mass is 330 g/mol. The van der Waals surface area contributed by atoms with Crippen molar-refractivity contribution in [1.29, 1.82) is 0 Å². The van der Waals surface area contributed by atoms with Gasteiger partial charge in [0.25, 0.3) is 0 Å². The van der Waals surface area contributed by atoms with Crippen molar-refractivity contribution in [1.82, 2.24) is 4.98 Å². The van der Waals surface area contributed by atoms with E-state index in [4.69, 9.17) is 4.74 Å². The molecule has 1 aliphatic rings. The highest BCUT2D eigenvalue weighted by molar-refractivity contribution is 7.16. The fourth-order valence-electron chi connectivity index (χ4n) is 2.22. The lowest BCUT2D eigenvalue weighted by Crippen LogP contribution is -2.16. The van der Waals surface area contributed by atoms with Crippen LogP contribution in [0.4, 0.5) is 5.00 Å². The van der Waals surface area contributed by atoms with Gasteiger partial charge in [0.2, 0.25) is 5.91 Å². The average molecular weight is 330 g/mol. The summed E-state index contributed by atoms with van der Waals surface area (Å²) in [6.45, 7) is 3.92. The van der Waals surface area contributed by atoms with Crippen LogP contribution in [0.5, 0.6) is 0 Å². The minimum absolute atomic E-state index is 0.00924. The first kappa shape index (κ1) is 15.7. The summed E-state index contributed by atoms with van der Waals surface area (Å²) in [7, 11) is 0. The van der Waals surface area contributed by atoms with Crippen molar-refractivity contribution >= 4 is 28.2 Å². The maximum atomic E-state index is 12.4. The molecule has 23 heavy (non-hydrogen) atoms. The third kappa shape index (κ3) is 3.59. The quantitative estimate of drug-likeness (QED) is 0.852. The van der Waals surface area contributed by atoms with Crippen LogP contribution in [-0.2, 0) is 16.1 Å². The van der Waals surface area contributed by atoms with E-state index in [1.165, 1.54) is 11.3 Å². The van der Waals surface area contributed by atoms with Gasteiger partial charge in [-0.2, -0.15) is 0 Å². The number of nitrogens with one attached hydrogen (secondary N) is 1. The maximum Gasteiger partial charge on any atom is 0.341 e. The molecule has 120 valence electrons. The molecule has 0 unspecified atom stereocenters. The molecule has 1 fully saturated rings. The number of esters is 1. The fourth-order valence-corrected chi connectivity index (χ4v) is 3.27. The number of thiophene rings is 1. The molecule has 0 bridgehead atoms. The van der Waals surface area contributed by atoms with Gasteiger partial charge < -0.3 is 10.1 Å². The first-order valence-corrected chi connectivity index (χ1v) is 8.35. The smallest absolute Gasteiger partial charge is 0.341 e. The number of ether oxygens (including phenoxy) is 1. The number of hydrogen-bond acceptors (Lipinski definition) is 5. The van der Waals surface area contributed by atoms with Crippen molar-refractivity contribution < 1.29 is 14.3 Å². The van der Waals surface area contributed by atoms with Crippen LogP contribution in [0.1, 0.15) is 39.3 Å². The van der Waals surface area contributed by atoms with Gasteiger partial charge in [0, 0.05) is 17.0 Å². The summed E-state index contributed by atoms with van der Waals surface area (Å²) in [6.07, 6.45) is 3.51. The van der Waals surface area contributed by atoms with E-state index in [0.29, 0.717) is 16.3 Å². The summed E-state index contributed by atoms with van der Waals surface area (Å²) in [5.41, 5.74) is 2.00. The lowest BCUT2D eigenvalue weighted by molar-refractivity contribution is -0.117. The lowest BCUT2D eigenvalue weighted by Gasteiger charge is -2.08. The molecular weight excluding hydrogens is 312 g/mol. The molecule has 1 saturated carbocycles. The van der Waals surface area contributed by atoms with Crippen molar-refractivity contribution in [3.05, 3.63) is 46.1 Å². The Bertz CT molecular complexity index is 736. The third-order valence-electron chi connectivity index (χ3n) is 3.85. The molecule has 3 rings (SSSR count). The Morgan fingerprint density at radius 1 is 1.35 bits per heavy atom. The first-order valence-electron chi connectivity index (χ1n) is 7.54. The zero-order valence-electron chi connectivity index (χ0n) is 13.1. The van der Waals surface area contributed by atoms with Gasteiger partial charge in [0.1, 0.15) is 11.6 Å². The number of hydrogen-bond donors (Lipinski definition) is 1. The highest BCUT2D eigenvalue weighted by Crippen LogP contribution is 2.36. The summed E-state index contributed by atoms with van der Waals surface area (Å²) in [6, 6.07) is 5.45. The van der Waals surface area contributed by atoms with Gasteiger partial charge in [0.05, 0.1) is 11.3 Å². The van der Waals surface area contributed by atoms with E-state index in [2.05, 4.69) is 10.3 Å². The van der Waals surface area contributed by atoms with E-state index in [-0.39, 0.29) is 18.4 Å². The zero-order chi connectivity index (χ0) is 16.4. The molecule has 1 N–H and O–H groups in total. The molecule has 0 spiro atoms. The van der Waals surface area contributed by atoms with Crippen LogP contribution in [0.2, 0.25) is 0 Å². The summed E-state index contributed by atoms with van der Waals surface area (Å²) >= 11 is 1.42. The molecule has 0 saturated heterocycles. The van der Waals surface area contributed by atoms with Crippen LogP contribution in [0.25, 0.3) is 0 Å². The van der Waals surface area contributed by atoms with Crippen LogP contribution in [0.15, 0.2) is 24.4 Å². The Balaban J connectivity index is 1.74. The van der Waals surface area contributed by atoms with E-state index in [1.54, 1.807) is 12.3 Å². The number of carbonyl (C=O) groups is 2. The van der Waals surface area contributed by atoms with Gasteiger partial charge in [-0.25, -0.2) is 4.79 Å². The van der Waals surface area contributed by atoms with Crippen molar-refractivity contribution in [3.63, 3.8) is 0 Å². The number of rotatable bonds is 5. The predicted molar refractivity (Wildman–Crippen MR) is 88.5 cm³/mol. The molecule has 2 aromatic rings. The molecule has 6 heteroatoms. The number of aromatic nitrogens is 1. The van der Waals surface area contributed by atoms with Crippen LogP contribution < -0.4 is 5.32 Å². The van der Waals surface area contributed by atoms with E-state index < -0.39 is 5.97 Å². The highest BCUT2D eigenvalue weighted by Gasteiger charge is 2.31. The second-order valence-corrected chi connectivity index (χ2v) is 6.87. The average Bonchev–Trinajstić information content (AvgIpc) is 3.35. The number of carbonyl (C=O) groups excluding carboxylic acids is 2. The van der Waals surface area contributed by atoms with Crippen LogP contribution in [-0.4, -0.2) is 16.9 Å². The summed E-state index contributed by atoms with van der Waals surface area (Å²) < 4.78 is 5.36. The standard InChI is InChI=1S/C17H18N2O3S/c1-10-11(2)23-16(19-15(20)12-6-7-12)14(10)17(21)22-9-13-5-3-4-8-18-13/h3-5,8,12H,6-7,9H2,1-2H3,(H,19,20). The van der Waals surface area contributed by atoms with Crippen molar-refractivity contribution in [2.75, 3.05) is 5.32 Å². The van der Waals surface area contributed by atoms with Gasteiger partial charge in [0.15, 0.2) is 0 Å². The number of aryl methyl sites for hydroxylation is 1. The topological polar surface area (TPSA) is 68.3 Å². The highest BCUT2D eigenvalue weighted by atomic mass is 32.1. The molecule has 0 atom stereocenters. The number of amides is 1. The molecule has 1 aliphatic carbocycles. The second kappa shape index (κ2) is 6.50. The van der Waals surface area contributed by atoms with Gasteiger partial charge in [-0.1, -0.05) is 6.07 Å². The maximum absolute atomic E-state index is 12.4. The van der Waals surface area contributed by atoms with Gasteiger partial charge in [-0.15, -0.1) is 11.3 Å². The number of pyridine rings is 1. The zero-order valence-corrected chi connectivity index (χ0v) is 13.9. The normalized spacial score (nSPS) is 13.7. The van der Waals surface area contributed by atoms with Crippen LogP contribution in [0, 0.1) is 19.8 Å². The Hall–Kier alpha value is -2.21. The van der Waals surface area contributed by atoms with E-state index in [1.807, 2.05) is 26.0 Å². The Morgan fingerprint density at radius 2 is 2.13 bits per heavy atom. The SMILES string of the molecule is Cc1sc(NC(=O)C2CC2)c(C(=O)OCc2ccccn2)c1C. The first-order chi connectivity index (χ1) is 11.1. The molecule has 0 aliphatic heterocycles. The fraction of sp³-hybridized carbons (Fsp3) is 0.353. The molecule has 0 radical (unpaired) electrons. The predicted octanol–water partition coefficient (Wildman–Crippen LogP) is 3.47.